The summed E-state index contributed by atoms with van der Waals surface area (Å²) in [6, 6.07) is 1.97. The highest BCUT2D eigenvalue weighted by Gasteiger charge is 2.23. The van der Waals surface area contributed by atoms with Crippen LogP contribution in [0.2, 0.25) is 0 Å². The Morgan fingerprint density at radius 1 is 1.50 bits per heavy atom. The number of aromatic amines is 1. The lowest BCUT2D eigenvalue weighted by atomic mass is 10.1. The molecule has 1 fully saturated rings. The molecule has 1 saturated heterocycles. The van der Waals surface area contributed by atoms with Crippen LogP contribution >= 0.6 is 36.2 Å². The number of nitrogens with two attached hydrogens (primary N) is 1. The topological polar surface area (TPSA) is 75.0 Å². The molecule has 122 valence electrons. The molecule has 3 heterocycles. The van der Waals surface area contributed by atoms with Crippen molar-refractivity contribution in [2.24, 2.45) is 5.73 Å². The van der Waals surface area contributed by atoms with Crippen molar-refractivity contribution in [2.45, 2.75) is 25.8 Å². The van der Waals surface area contributed by atoms with Crippen molar-refractivity contribution in [3.63, 3.8) is 0 Å². The van der Waals surface area contributed by atoms with Gasteiger partial charge in [-0.15, -0.1) is 36.2 Å². The molecule has 3 rings (SSSR count). The first-order valence-electron chi connectivity index (χ1n) is 6.79. The van der Waals surface area contributed by atoms with Gasteiger partial charge in [-0.25, -0.2) is 4.98 Å². The number of amides is 1. The lowest BCUT2D eigenvalue weighted by molar-refractivity contribution is 0.0703. The number of thiazole rings is 1. The zero-order valence-corrected chi connectivity index (χ0v) is 14.7. The first-order chi connectivity index (χ1) is 9.63. The van der Waals surface area contributed by atoms with E-state index in [0.29, 0.717) is 12.2 Å². The van der Waals surface area contributed by atoms with Crippen LogP contribution in [0.5, 0.6) is 0 Å². The number of halogens is 2. The molecule has 1 unspecified atom stereocenters. The van der Waals surface area contributed by atoms with Crippen LogP contribution < -0.4 is 5.73 Å². The Bertz CT molecular complexity index is 628. The van der Waals surface area contributed by atoms with E-state index in [0.717, 1.165) is 35.7 Å². The van der Waals surface area contributed by atoms with E-state index in [9.17, 15) is 4.79 Å². The summed E-state index contributed by atoms with van der Waals surface area (Å²) in [5.74, 6) is 0.0263. The molecule has 0 aromatic carbocycles. The normalized spacial score (nSPS) is 17.5. The van der Waals surface area contributed by atoms with Gasteiger partial charge in [0.2, 0.25) is 0 Å². The summed E-state index contributed by atoms with van der Waals surface area (Å²) < 4.78 is 0. The summed E-state index contributed by atoms with van der Waals surface area (Å²) in [4.78, 5) is 21.7. The predicted molar refractivity (Wildman–Crippen MR) is 94.2 cm³/mol. The molecule has 0 bridgehead atoms. The van der Waals surface area contributed by atoms with Gasteiger partial charge < -0.3 is 15.6 Å². The van der Waals surface area contributed by atoms with Gasteiger partial charge in [-0.1, -0.05) is 0 Å². The number of nitrogens with zero attached hydrogens (tertiary/aromatic N) is 2. The predicted octanol–water partition coefficient (Wildman–Crippen LogP) is 2.85. The third-order valence-corrected chi connectivity index (χ3v) is 4.35. The lowest BCUT2D eigenvalue weighted by Crippen LogP contribution is -2.45. The summed E-state index contributed by atoms with van der Waals surface area (Å²) in [6.07, 6.45) is 3.81. The molecule has 1 aliphatic heterocycles. The molecule has 3 N–H and O–H groups in total. The molecule has 5 nitrogen and oxygen atoms in total. The Morgan fingerprint density at radius 2 is 2.27 bits per heavy atom. The summed E-state index contributed by atoms with van der Waals surface area (Å²) in [7, 11) is 0. The summed E-state index contributed by atoms with van der Waals surface area (Å²) in [6.45, 7) is 3.40. The molecule has 8 heteroatoms. The smallest absolute Gasteiger partial charge is 0.270 e. The SMILES string of the molecule is Cc1nc(-c2c[nH]c(C(=O)N3CCCC(N)C3)c2)cs1.Cl.Cl. The number of aryl methyl sites for hydroxylation is 1. The number of aromatic nitrogens is 2. The van der Waals surface area contributed by atoms with E-state index in [1.54, 1.807) is 11.3 Å². The molecule has 0 radical (unpaired) electrons. The van der Waals surface area contributed by atoms with Gasteiger partial charge in [-0.2, -0.15) is 0 Å². The van der Waals surface area contributed by atoms with Gasteiger partial charge in [-0.3, -0.25) is 4.79 Å². The standard InChI is InChI=1S/C14H18N4OS.2ClH/c1-9-17-13(8-20-9)10-5-12(16-6-10)14(19)18-4-2-3-11(15)7-18;;/h5-6,8,11,16H,2-4,7,15H2,1H3;2*1H. The largest absolute Gasteiger partial charge is 0.357 e. The number of piperidine rings is 1. The maximum absolute atomic E-state index is 12.4. The molecular weight excluding hydrogens is 343 g/mol. The van der Waals surface area contributed by atoms with Crippen LogP contribution in [0.25, 0.3) is 11.3 Å². The summed E-state index contributed by atoms with van der Waals surface area (Å²) >= 11 is 1.61. The molecule has 1 atom stereocenters. The number of hydrogen-bond donors (Lipinski definition) is 2. The van der Waals surface area contributed by atoms with Crippen LogP contribution in [0.3, 0.4) is 0 Å². The molecule has 0 aliphatic carbocycles. The Hall–Kier alpha value is -1.08. The maximum Gasteiger partial charge on any atom is 0.270 e. The summed E-state index contributed by atoms with van der Waals surface area (Å²) in [5.41, 5.74) is 8.41. The zero-order chi connectivity index (χ0) is 14.1. The van der Waals surface area contributed by atoms with Crippen LogP contribution in [0.15, 0.2) is 17.6 Å². The second kappa shape index (κ2) is 7.97. The number of likely N-dealkylation sites (tertiary alicyclic amines) is 1. The van der Waals surface area contributed by atoms with Crippen LogP contribution in [0, 0.1) is 6.92 Å². The van der Waals surface area contributed by atoms with Gasteiger partial charge in [0, 0.05) is 36.3 Å². The molecule has 22 heavy (non-hydrogen) atoms. The number of carbonyl (C=O) groups is 1. The highest BCUT2D eigenvalue weighted by atomic mass is 35.5. The number of H-pyrrole nitrogens is 1. The van der Waals surface area contributed by atoms with E-state index in [1.807, 2.05) is 29.5 Å². The van der Waals surface area contributed by atoms with Gasteiger partial charge in [-0.05, 0) is 25.8 Å². The molecule has 0 spiro atoms. The molecule has 1 amide bonds. The highest BCUT2D eigenvalue weighted by molar-refractivity contribution is 7.09. The highest BCUT2D eigenvalue weighted by Crippen LogP contribution is 2.23. The zero-order valence-electron chi connectivity index (χ0n) is 12.2. The van der Waals surface area contributed by atoms with Gasteiger partial charge in [0.1, 0.15) is 5.69 Å². The second-order valence-electron chi connectivity index (χ2n) is 5.21. The number of hydrogen-bond acceptors (Lipinski definition) is 4. The van der Waals surface area contributed by atoms with E-state index < -0.39 is 0 Å². The number of carbonyl (C=O) groups excluding carboxylic acids is 1. The van der Waals surface area contributed by atoms with E-state index in [-0.39, 0.29) is 36.8 Å². The van der Waals surface area contributed by atoms with Crippen LogP contribution in [0.4, 0.5) is 0 Å². The van der Waals surface area contributed by atoms with Crippen molar-refractivity contribution in [3.8, 4) is 11.3 Å². The van der Waals surface area contributed by atoms with Crippen molar-refractivity contribution in [1.82, 2.24) is 14.9 Å². The van der Waals surface area contributed by atoms with Crippen molar-refractivity contribution in [3.05, 3.63) is 28.3 Å². The molecule has 1 aliphatic rings. The Kier molecular flexibility index (Phi) is 6.87. The van der Waals surface area contributed by atoms with E-state index in [1.165, 1.54) is 0 Å². The average Bonchev–Trinajstić information content (AvgIpc) is 3.06. The van der Waals surface area contributed by atoms with Gasteiger partial charge in [0.05, 0.1) is 10.7 Å². The quantitative estimate of drug-likeness (QED) is 0.862. The van der Waals surface area contributed by atoms with Crippen LogP contribution in [0.1, 0.15) is 28.3 Å². The first-order valence-corrected chi connectivity index (χ1v) is 7.67. The molecule has 2 aromatic heterocycles. The average molecular weight is 363 g/mol. The first kappa shape index (κ1) is 19.0. The Labute approximate surface area is 146 Å². The van der Waals surface area contributed by atoms with Crippen molar-refractivity contribution in [2.75, 3.05) is 13.1 Å². The molecule has 2 aromatic rings. The molecule has 0 saturated carbocycles. The maximum atomic E-state index is 12.4. The lowest BCUT2D eigenvalue weighted by Gasteiger charge is -2.30. The van der Waals surface area contributed by atoms with Crippen LogP contribution in [-0.2, 0) is 0 Å². The minimum absolute atomic E-state index is 0. The third kappa shape index (κ3) is 4.01. The van der Waals surface area contributed by atoms with E-state index >= 15 is 0 Å². The Morgan fingerprint density at radius 3 is 2.91 bits per heavy atom. The number of rotatable bonds is 2. The summed E-state index contributed by atoms with van der Waals surface area (Å²) in [5, 5.41) is 3.03. The third-order valence-electron chi connectivity index (χ3n) is 3.57. The molecular formula is C14H20Cl2N4OS. The van der Waals surface area contributed by atoms with Crippen molar-refractivity contribution >= 4 is 42.1 Å². The minimum Gasteiger partial charge on any atom is -0.357 e. The van der Waals surface area contributed by atoms with Gasteiger partial charge in [0.15, 0.2) is 0 Å². The minimum atomic E-state index is 0. The van der Waals surface area contributed by atoms with Crippen molar-refractivity contribution in [1.29, 1.82) is 0 Å². The number of nitrogens with one attached hydrogen (secondary N) is 1. The second-order valence-corrected chi connectivity index (χ2v) is 6.27. The monoisotopic (exact) mass is 362 g/mol. The van der Waals surface area contributed by atoms with Crippen molar-refractivity contribution < 1.29 is 4.79 Å². The van der Waals surface area contributed by atoms with Gasteiger partial charge >= 0.3 is 0 Å². The fourth-order valence-corrected chi connectivity index (χ4v) is 3.15. The van der Waals surface area contributed by atoms with E-state index in [2.05, 4.69) is 9.97 Å². The fourth-order valence-electron chi connectivity index (χ4n) is 2.53. The van der Waals surface area contributed by atoms with Gasteiger partial charge in [0.25, 0.3) is 5.91 Å². The van der Waals surface area contributed by atoms with E-state index in [4.69, 9.17) is 5.73 Å². The Balaban J connectivity index is 0.00000121. The fraction of sp³-hybridized carbons (Fsp3) is 0.429. The van der Waals surface area contributed by atoms with Crippen LogP contribution in [-0.4, -0.2) is 39.9 Å².